The molecule has 3 heteroatoms. The molecule has 0 spiro atoms. The molecule has 30 heavy (non-hydrogen) atoms. The number of azo groups is 1. The Morgan fingerprint density at radius 1 is 0.767 bits per heavy atom. The number of aryl methyl sites for hydroxylation is 1. The van der Waals surface area contributed by atoms with Gasteiger partial charge in [0.2, 0.25) is 0 Å². The zero-order chi connectivity index (χ0) is 21.3. The number of unbranched alkanes of at least 4 members (excludes halogenated alkanes) is 6. The molecule has 0 bridgehead atoms. The van der Waals surface area contributed by atoms with Gasteiger partial charge in [-0.15, -0.1) is 0 Å². The fraction of sp³-hybridized carbons (Fsp3) is 0.407. The lowest BCUT2D eigenvalue weighted by Gasteiger charge is -2.06. The average Bonchev–Trinajstić information content (AvgIpc) is 2.77. The van der Waals surface area contributed by atoms with Gasteiger partial charge in [-0.1, -0.05) is 75.1 Å². The van der Waals surface area contributed by atoms with Gasteiger partial charge in [-0.3, -0.25) is 0 Å². The lowest BCUT2D eigenvalue weighted by Crippen LogP contribution is -1.87. The third-order valence-electron chi connectivity index (χ3n) is 4.97. The Morgan fingerprint density at radius 3 is 2.30 bits per heavy atom. The maximum absolute atomic E-state index is 9.84. The van der Waals surface area contributed by atoms with Crippen LogP contribution in [0.5, 0.6) is 5.75 Å². The summed E-state index contributed by atoms with van der Waals surface area (Å²) in [6, 6.07) is 15.1. The highest BCUT2D eigenvalue weighted by Gasteiger charge is 2.04. The number of benzene rings is 2. The molecule has 2 aromatic carbocycles. The molecule has 0 saturated carbocycles. The van der Waals surface area contributed by atoms with Crippen molar-refractivity contribution in [2.24, 2.45) is 10.2 Å². The van der Waals surface area contributed by atoms with E-state index in [0.717, 1.165) is 36.2 Å². The summed E-state index contributed by atoms with van der Waals surface area (Å²) >= 11 is 0. The van der Waals surface area contributed by atoms with Crippen molar-refractivity contribution in [3.63, 3.8) is 0 Å². The summed E-state index contributed by atoms with van der Waals surface area (Å²) < 4.78 is 0. The minimum atomic E-state index is 0.292. The second-order valence-corrected chi connectivity index (χ2v) is 7.62. The lowest BCUT2D eigenvalue weighted by atomic mass is 10.0. The van der Waals surface area contributed by atoms with Crippen LogP contribution in [0.4, 0.5) is 11.4 Å². The first-order chi connectivity index (χ1) is 14.8. The number of nitrogens with zero attached hydrogens (tertiary/aromatic N) is 2. The van der Waals surface area contributed by atoms with Crippen molar-refractivity contribution in [1.29, 1.82) is 0 Å². The van der Waals surface area contributed by atoms with Crippen molar-refractivity contribution in [1.82, 2.24) is 0 Å². The van der Waals surface area contributed by atoms with Crippen LogP contribution in [-0.4, -0.2) is 5.11 Å². The van der Waals surface area contributed by atoms with E-state index < -0.39 is 0 Å². The number of rotatable bonds is 14. The highest BCUT2D eigenvalue weighted by atomic mass is 16.3. The molecule has 0 heterocycles. The topological polar surface area (TPSA) is 45.0 Å². The van der Waals surface area contributed by atoms with Gasteiger partial charge in [0.05, 0.1) is 11.4 Å². The fourth-order valence-corrected chi connectivity index (χ4v) is 3.26. The van der Waals surface area contributed by atoms with Crippen LogP contribution in [0.25, 0.3) is 0 Å². The summed E-state index contributed by atoms with van der Waals surface area (Å²) in [6.07, 6.45) is 20.8. The number of hydrogen-bond donors (Lipinski definition) is 1. The fourth-order valence-electron chi connectivity index (χ4n) is 3.26. The molecule has 2 aromatic rings. The molecular formula is C27H36N2O. The van der Waals surface area contributed by atoms with E-state index in [2.05, 4.69) is 41.5 Å². The molecule has 0 fully saturated rings. The maximum atomic E-state index is 9.84. The molecular weight excluding hydrogens is 368 g/mol. The first-order valence-corrected chi connectivity index (χ1v) is 11.4. The number of allylic oxidation sites excluding steroid dienone is 4. The molecule has 1 N–H and O–H groups in total. The highest BCUT2D eigenvalue weighted by Crippen LogP contribution is 2.27. The van der Waals surface area contributed by atoms with Gasteiger partial charge < -0.3 is 5.11 Å². The van der Waals surface area contributed by atoms with Crippen LogP contribution in [0.15, 0.2) is 83.1 Å². The Balaban J connectivity index is 1.65. The van der Waals surface area contributed by atoms with E-state index in [1.165, 1.54) is 44.9 Å². The Morgan fingerprint density at radius 2 is 1.50 bits per heavy atom. The second-order valence-electron chi connectivity index (χ2n) is 7.62. The Labute approximate surface area is 182 Å². The van der Waals surface area contributed by atoms with Crippen LogP contribution >= 0.6 is 0 Å². The zero-order valence-electron chi connectivity index (χ0n) is 18.3. The normalized spacial score (nSPS) is 11.9. The second kappa shape index (κ2) is 15.2. The average molecular weight is 405 g/mol. The van der Waals surface area contributed by atoms with Crippen molar-refractivity contribution in [3.05, 3.63) is 78.4 Å². The predicted molar refractivity (Wildman–Crippen MR) is 128 cm³/mol. The zero-order valence-corrected chi connectivity index (χ0v) is 18.3. The van der Waals surface area contributed by atoms with Crippen LogP contribution < -0.4 is 0 Å². The van der Waals surface area contributed by atoms with Gasteiger partial charge >= 0.3 is 0 Å². The molecule has 3 nitrogen and oxygen atoms in total. The molecule has 0 atom stereocenters. The van der Waals surface area contributed by atoms with Gasteiger partial charge in [0, 0.05) is 0 Å². The smallest absolute Gasteiger partial charge is 0.116 e. The van der Waals surface area contributed by atoms with Crippen molar-refractivity contribution in [2.45, 2.75) is 71.1 Å². The molecule has 0 radical (unpaired) electrons. The van der Waals surface area contributed by atoms with Crippen LogP contribution in [-0.2, 0) is 6.42 Å². The summed E-state index contributed by atoms with van der Waals surface area (Å²) in [4.78, 5) is 0. The van der Waals surface area contributed by atoms with Crippen molar-refractivity contribution in [2.75, 3.05) is 0 Å². The molecule has 0 aliphatic rings. The highest BCUT2D eigenvalue weighted by molar-refractivity contribution is 5.50. The van der Waals surface area contributed by atoms with Crippen LogP contribution in [0.1, 0.15) is 70.3 Å². The van der Waals surface area contributed by atoms with Crippen LogP contribution in [0, 0.1) is 0 Å². The third-order valence-corrected chi connectivity index (χ3v) is 4.97. The van der Waals surface area contributed by atoms with E-state index in [9.17, 15) is 5.11 Å². The van der Waals surface area contributed by atoms with E-state index >= 15 is 0 Å². The predicted octanol–water partition coefficient (Wildman–Crippen LogP) is 8.99. The SMILES string of the molecule is CCC/C=C/C/C=C/CCCCCCCc1cc(O)ccc1N=Nc1ccccc1. The van der Waals surface area contributed by atoms with Crippen molar-refractivity contribution in [3.8, 4) is 5.75 Å². The van der Waals surface area contributed by atoms with Crippen molar-refractivity contribution >= 4 is 11.4 Å². The number of hydrogen-bond acceptors (Lipinski definition) is 3. The Bertz CT molecular complexity index is 794. The molecule has 0 saturated heterocycles. The molecule has 0 aliphatic heterocycles. The third kappa shape index (κ3) is 10.2. The van der Waals surface area contributed by atoms with E-state index in [0.29, 0.717) is 5.75 Å². The van der Waals surface area contributed by atoms with Gasteiger partial charge in [-0.2, -0.15) is 10.2 Å². The van der Waals surface area contributed by atoms with Gasteiger partial charge in [-0.05, 0) is 74.4 Å². The van der Waals surface area contributed by atoms with E-state index in [4.69, 9.17) is 0 Å². The van der Waals surface area contributed by atoms with Crippen molar-refractivity contribution < 1.29 is 5.11 Å². The molecule has 2 rings (SSSR count). The van der Waals surface area contributed by atoms with Gasteiger partial charge in [-0.25, -0.2) is 0 Å². The van der Waals surface area contributed by atoms with Crippen LogP contribution in [0.3, 0.4) is 0 Å². The van der Waals surface area contributed by atoms with E-state index in [-0.39, 0.29) is 0 Å². The Hall–Kier alpha value is -2.68. The van der Waals surface area contributed by atoms with E-state index in [1.807, 2.05) is 42.5 Å². The molecule has 0 aliphatic carbocycles. The minimum absolute atomic E-state index is 0.292. The summed E-state index contributed by atoms with van der Waals surface area (Å²) in [7, 11) is 0. The van der Waals surface area contributed by atoms with Gasteiger partial charge in [0.25, 0.3) is 0 Å². The number of aromatic hydroxyl groups is 1. The largest absolute Gasteiger partial charge is 0.508 e. The van der Waals surface area contributed by atoms with Crippen LogP contribution in [0.2, 0.25) is 0 Å². The lowest BCUT2D eigenvalue weighted by molar-refractivity contribution is 0.474. The number of phenolic OH excluding ortho intramolecular Hbond substituents is 1. The van der Waals surface area contributed by atoms with E-state index in [1.54, 1.807) is 6.07 Å². The number of phenols is 1. The Kier molecular flexibility index (Phi) is 12.0. The summed E-state index contributed by atoms with van der Waals surface area (Å²) in [6.45, 7) is 2.21. The van der Waals surface area contributed by atoms with Gasteiger partial charge in [0.1, 0.15) is 5.75 Å². The maximum Gasteiger partial charge on any atom is 0.116 e. The first kappa shape index (κ1) is 23.6. The summed E-state index contributed by atoms with van der Waals surface area (Å²) in [5.41, 5.74) is 2.74. The monoisotopic (exact) mass is 404 g/mol. The molecule has 160 valence electrons. The van der Waals surface area contributed by atoms with Gasteiger partial charge in [0.15, 0.2) is 0 Å². The minimum Gasteiger partial charge on any atom is -0.508 e. The molecule has 0 aromatic heterocycles. The molecule has 0 amide bonds. The standard InChI is InChI=1S/C27H36N2O/c1-2-3-4-5-6-7-8-9-10-11-12-13-15-18-24-23-26(30)21-22-27(24)29-28-25-19-16-14-17-20-25/h4-5,7-8,14,16-17,19-23,30H,2-3,6,9-13,15,18H2,1H3/b5-4+,8-7+,29-28?. The summed E-state index contributed by atoms with van der Waals surface area (Å²) in [5, 5.41) is 18.6. The summed E-state index contributed by atoms with van der Waals surface area (Å²) in [5.74, 6) is 0.292. The molecule has 0 unspecified atom stereocenters. The first-order valence-electron chi connectivity index (χ1n) is 11.4. The quantitative estimate of drug-likeness (QED) is 0.190.